The van der Waals surface area contributed by atoms with Crippen LogP contribution in [0.3, 0.4) is 0 Å². The van der Waals surface area contributed by atoms with Gasteiger partial charge in [0.15, 0.2) is 0 Å². The van der Waals surface area contributed by atoms with Crippen molar-refractivity contribution in [3.8, 4) is 5.75 Å². The molecular weight excluding hydrogens is 330 g/mol. The molecule has 2 amide bonds. The van der Waals surface area contributed by atoms with E-state index >= 15 is 0 Å². The van der Waals surface area contributed by atoms with E-state index in [4.69, 9.17) is 4.74 Å². The number of ether oxygens (including phenoxy) is 1. The summed E-state index contributed by atoms with van der Waals surface area (Å²) in [4.78, 5) is 23.5. The molecule has 0 saturated heterocycles. The van der Waals surface area contributed by atoms with Gasteiger partial charge in [-0.15, -0.1) is 0 Å². The lowest BCUT2D eigenvalue weighted by molar-refractivity contribution is -0.124. The van der Waals surface area contributed by atoms with Gasteiger partial charge in [0, 0.05) is 24.7 Å². The van der Waals surface area contributed by atoms with Crippen molar-refractivity contribution in [3.63, 3.8) is 0 Å². The minimum absolute atomic E-state index is 0.0573. The van der Waals surface area contributed by atoms with Crippen LogP contribution in [-0.2, 0) is 9.59 Å². The summed E-state index contributed by atoms with van der Waals surface area (Å²) in [5.74, 6) is 0.152. The van der Waals surface area contributed by atoms with E-state index in [1.165, 1.54) is 6.21 Å². The third kappa shape index (κ3) is 7.00. The SMILES string of the molecule is COc1ccc(NC(=O)CCC(=O)N/N=C/C=C/c2ccccc2)cc1. The minimum atomic E-state index is -0.320. The molecule has 6 nitrogen and oxygen atoms in total. The van der Waals surface area contributed by atoms with Crippen LogP contribution in [0, 0.1) is 0 Å². The first-order valence-electron chi connectivity index (χ1n) is 8.15. The third-order valence-corrected chi connectivity index (χ3v) is 3.39. The maximum absolute atomic E-state index is 11.8. The Balaban J connectivity index is 1.66. The molecular formula is C20H21N3O3. The summed E-state index contributed by atoms with van der Waals surface area (Å²) in [6, 6.07) is 16.7. The molecule has 0 aliphatic carbocycles. The molecule has 0 fully saturated rings. The lowest BCUT2D eigenvalue weighted by Crippen LogP contribution is -2.20. The molecule has 6 heteroatoms. The van der Waals surface area contributed by atoms with E-state index in [0.717, 1.165) is 5.56 Å². The van der Waals surface area contributed by atoms with Crippen LogP contribution < -0.4 is 15.5 Å². The number of carbonyl (C=O) groups is 2. The second-order valence-electron chi connectivity index (χ2n) is 5.36. The number of allylic oxidation sites excluding steroid dienone is 1. The zero-order valence-corrected chi connectivity index (χ0v) is 14.5. The van der Waals surface area contributed by atoms with E-state index in [1.807, 2.05) is 36.4 Å². The van der Waals surface area contributed by atoms with E-state index in [1.54, 1.807) is 37.5 Å². The van der Waals surface area contributed by atoms with E-state index in [0.29, 0.717) is 11.4 Å². The number of hydrogen-bond acceptors (Lipinski definition) is 4. The third-order valence-electron chi connectivity index (χ3n) is 3.39. The van der Waals surface area contributed by atoms with Gasteiger partial charge in [-0.2, -0.15) is 5.10 Å². The summed E-state index contributed by atoms with van der Waals surface area (Å²) in [6.07, 6.45) is 5.22. The summed E-state index contributed by atoms with van der Waals surface area (Å²) in [6.45, 7) is 0. The van der Waals surface area contributed by atoms with Gasteiger partial charge < -0.3 is 10.1 Å². The Kier molecular flexibility index (Phi) is 7.61. The quantitative estimate of drug-likeness (QED) is 0.566. The highest BCUT2D eigenvalue weighted by atomic mass is 16.5. The molecule has 0 heterocycles. The van der Waals surface area contributed by atoms with Crippen molar-refractivity contribution in [2.24, 2.45) is 5.10 Å². The van der Waals surface area contributed by atoms with Crippen molar-refractivity contribution in [3.05, 3.63) is 66.2 Å². The van der Waals surface area contributed by atoms with E-state index in [-0.39, 0.29) is 24.7 Å². The fourth-order valence-corrected chi connectivity index (χ4v) is 2.05. The van der Waals surface area contributed by atoms with Gasteiger partial charge in [0.25, 0.3) is 0 Å². The molecule has 134 valence electrons. The lowest BCUT2D eigenvalue weighted by Gasteiger charge is -2.05. The topological polar surface area (TPSA) is 79.8 Å². The average Bonchev–Trinajstić information content (AvgIpc) is 2.67. The predicted molar refractivity (Wildman–Crippen MR) is 103 cm³/mol. The zero-order chi connectivity index (χ0) is 18.6. The Hall–Kier alpha value is -3.41. The van der Waals surface area contributed by atoms with Crippen LogP contribution in [0.1, 0.15) is 18.4 Å². The highest BCUT2D eigenvalue weighted by Gasteiger charge is 2.06. The lowest BCUT2D eigenvalue weighted by atomic mass is 10.2. The number of carbonyl (C=O) groups excluding carboxylic acids is 2. The fourth-order valence-electron chi connectivity index (χ4n) is 2.05. The number of nitrogens with one attached hydrogen (secondary N) is 2. The molecule has 0 aliphatic heterocycles. The smallest absolute Gasteiger partial charge is 0.240 e. The normalized spacial score (nSPS) is 10.8. The van der Waals surface area contributed by atoms with Crippen molar-refractivity contribution in [2.45, 2.75) is 12.8 Å². The molecule has 2 aromatic carbocycles. The summed E-state index contributed by atoms with van der Waals surface area (Å²) < 4.78 is 5.05. The summed E-state index contributed by atoms with van der Waals surface area (Å²) in [7, 11) is 1.58. The van der Waals surface area contributed by atoms with E-state index in [9.17, 15) is 9.59 Å². The second-order valence-corrected chi connectivity index (χ2v) is 5.36. The summed E-state index contributed by atoms with van der Waals surface area (Å²) in [5, 5.41) is 6.53. The van der Waals surface area contributed by atoms with Gasteiger partial charge in [0.1, 0.15) is 5.75 Å². The first kappa shape index (κ1) is 18.9. The van der Waals surface area contributed by atoms with Gasteiger partial charge in [0.05, 0.1) is 7.11 Å². The number of benzene rings is 2. The fraction of sp³-hybridized carbons (Fsp3) is 0.150. The van der Waals surface area contributed by atoms with Crippen molar-refractivity contribution >= 4 is 29.8 Å². The zero-order valence-electron chi connectivity index (χ0n) is 14.5. The largest absolute Gasteiger partial charge is 0.497 e. The van der Waals surface area contributed by atoms with Crippen molar-refractivity contribution in [2.75, 3.05) is 12.4 Å². The average molecular weight is 351 g/mol. The Morgan fingerprint density at radius 1 is 1.00 bits per heavy atom. The molecule has 0 bridgehead atoms. The van der Waals surface area contributed by atoms with Crippen LogP contribution in [0.25, 0.3) is 6.08 Å². The molecule has 0 aromatic heterocycles. The van der Waals surface area contributed by atoms with Gasteiger partial charge >= 0.3 is 0 Å². The molecule has 0 radical (unpaired) electrons. The first-order valence-corrected chi connectivity index (χ1v) is 8.15. The van der Waals surface area contributed by atoms with Gasteiger partial charge in [-0.05, 0) is 35.9 Å². The second kappa shape index (κ2) is 10.5. The van der Waals surface area contributed by atoms with Crippen molar-refractivity contribution < 1.29 is 14.3 Å². The Morgan fingerprint density at radius 2 is 1.69 bits per heavy atom. The van der Waals surface area contributed by atoms with Crippen LogP contribution >= 0.6 is 0 Å². The Bertz CT molecular complexity index is 769. The van der Waals surface area contributed by atoms with Gasteiger partial charge in [0.2, 0.25) is 11.8 Å². The van der Waals surface area contributed by atoms with E-state index in [2.05, 4.69) is 15.8 Å². The summed E-state index contributed by atoms with van der Waals surface area (Å²) in [5.41, 5.74) is 4.08. The standard InChI is InChI=1S/C20H21N3O3/c1-26-18-11-9-17(10-12-18)22-19(24)13-14-20(25)23-21-15-5-8-16-6-3-2-4-7-16/h2-12,15H,13-14H2,1H3,(H,22,24)(H,23,25)/b8-5+,21-15+. The predicted octanol–water partition coefficient (Wildman–Crippen LogP) is 3.23. The monoisotopic (exact) mass is 351 g/mol. The molecule has 0 saturated carbocycles. The number of rotatable bonds is 8. The van der Waals surface area contributed by atoms with Crippen molar-refractivity contribution in [1.29, 1.82) is 0 Å². The molecule has 0 aliphatic rings. The summed E-state index contributed by atoms with van der Waals surface area (Å²) >= 11 is 0. The molecule has 2 rings (SSSR count). The van der Waals surface area contributed by atoms with Crippen LogP contribution in [-0.4, -0.2) is 25.1 Å². The molecule has 0 unspecified atom stereocenters. The number of hydrogen-bond donors (Lipinski definition) is 2. The Labute approximate surface area is 152 Å². The molecule has 0 atom stereocenters. The van der Waals surface area contributed by atoms with Crippen LogP contribution in [0.4, 0.5) is 5.69 Å². The number of nitrogens with zero attached hydrogens (tertiary/aromatic N) is 1. The molecule has 0 spiro atoms. The number of methoxy groups -OCH3 is 1. The van der Waals surface area contributed by atoms with Gasteiger partial charge in [-0.1, -0.05) is 36.4 Å². The molecule has 2 aromatic rings. The van der Waals surface area contributed by atoms with Gasteiger partial charge in [-0.25, -0.2) is 5.43 Å². The maximum atomic E-state index is 11.8. The highest BCUT2D eigenvalue weighted by Crippen LogP contribution is 2.15. The van der Waals surface area contributed by atoms with Crippen LogP contribution in [0.2, 0.25) is 0 Å². The minimum Gasteiger partial charge on any atom is -0.497 e. The molecule has 2 N–H and O–H groups in total. The van der Waals surface area contributed by atoms with E-state index < -0.39 is 0 Å². The van der Waals surface area contributed by atoms with Crippen molar-refractivity contribution in [1.82, 2.24) is 5.43 Å². The molecule has 26 heavy (non-hydrogen) atoms. The number of amides is 2. The van der Waals surface area contributed by atoms with Crippen LogP contribution in [0.5, 0.6) is 5.75 Å². The highest BCUT2D eigenvalue weighted by molar-refractivity contribution is 5.93. The van der Waals surface area contributed by atoms with Crippen LogP contribution in [0.15, 0.2) is 65.8 Å². The maximum Gasteiger partial charge on any atom is 0.240 e. The first-order chi connectivity index (χ1) is 12.7. The number of anilines is 1. The number of hydrazone groups is 1. The Morgan fingerprint density at radius 3 is 2.38 bits per heavy atom. The van der Waals surface area contributed by atoms with Gasteiger partial charge in [-0.3, -0.25) is 9.59 Å².